The molecule has 29 heavy (non-hydrogen) atoms. The Bertz CT molecular complexity index is 1150. The smallest absolute Gasteiger partial charge is 0.321 e. The molecule has 0 saturated carbocycles. The molecule has 1 saturated heterocycles. The maximum Gasteiger partial charge on any atom is 0.321 e. The zero-order chi connectivity index (χ0) is 19.8. The molecule has 4 heterocycles. The number of aryl methyl sites for hydroxylation is 1. The third-order valence-corrected chi connectivity index (χ3v) is 5.38. The van der Waals surface area contributed by atoms with Gasteiger partial charge in [-0.1, -0.05) is 12.1 Å². The van der Waals surface area contributed by atoms with Crippen LogP contribution in [-0.2, 0) is 7.05 Å². The van der Waals surface area contributed by atoms with E-state index in [-0.39, 0.29) is 0 Å². The van der Waals surface area contributed by atoms with Crippen LogP contribution in [0.25, 0.3) is 22.2 Å². The van der Waals surface area contributed by atoms with Gasteiger partial charge in [-0.2, -0.15) is 0 Å². The molecule has 1 aromatic carbocycles. The number of fused-ring (bicyclic) bond motifs is 1. The van der Waals surface area contributed by atoms with Crippen LogP contribution in [0.2, 0.25) is 0 Å². The molecule has 0 radical (unpaired) electrons. The number of nitrogens with one attached hydrogen (secondary N) is 1. The molecule has 1 aliphatic heterocycles. The van der Waals surface area contributed by atoms with E-state index < -0.39 is 0 Å². The summed E-state index contributed by atoms with van der Waals surface area (Å²) in [4.78, 5) is 16.9. The molecule has 0 bridgehead atoms. The van der Waals surface area contributed by atoms with E-state index in [0.717, 1.165) is 41.7 Å². The Morgan fingerprint density at radius 3 is 2.62 bits per heavy atom. The van der Waals surface area contributed by atoms with Gasteiger partial charge in [0, 0.05) is 43.2 Å². The molecule has 3 aromatic heterocycles. The van der Waals surface area contributed by atoms with Crippen molar-refractivity contribution in [2.75, 3.05) is 18.8 Å². The largest absolute Gasteiger partial charge is 0.424 e. The van der Waals surface area contributed by atoms with Gasteiger partial charge in [0.15, 0.2) is 0 Å². The minimum absolute atomic E-state index is 0.320. The van der Waals surface area contributed by atoms with Crippen LogP contribution in [-0.4, -0.2) is 37.6 Å². The van der Waals surface area contributed by atoms with Crippen molar-refractivity contribution < 1.29 is 4.74 Å². The zero-order valence-corrected chi connectivity index (χ0v) is 16.0. The Labute approximate surface area is 167 Å². The third-order valence-electron chi connectivity index (χ3n) is 5.38. The Balaban J connectivity index is 1.61. The molecule has 1 fully saturated rings. The highest BCUT2D eigenvalue weighted by molar-refractivity contribution is 6.02. The molecule has 0 amide bonds. The number of nitrogen functional groups attached to an aromatic ring is 1. The molecule has 1 unspecified atom stereocenters. The topological polar surface area (TPSA) is 104 Å². The first-order valence-corrected chi connectivity index (χ1v) is 9.57. The lowest BCUT2D eigenvalue weighted by molar-refractivity contribution is 0.442. The second-order valence-electron chi connectivity index (χ2n) is 7.12. The zero-order valence-electron chi connectivity index (χ0n) is 16.0. The van der Waals surface area contributed by atoms with E-state index in [2.05, 4.69) is 36.9 Å². The summed E-state index contributed by atoms with van der Waals surface area (Å²) in [6.45, 7) is 1.95. The summed E-state index contributed by atoms with van der Waals surface area (Å²) < 4.78 is 7.88. The number of aromatic nitrogens is 5. The predicted molar refractivity (Wildman–Crippen MR) is 111 cm³/mol. The van der Waals surface area contributed by atoms with E-state index in [0.29, 0.717) is 23.5 Å². The summed E-state index contributed by atoms with van der Waals surface area (Å²) in [6, 6.07) is 9.97. The summed E-state index contributed by atoms with van der Waals surface area (Å²) in [7, 11) is 2.05. The summed E-state index contributed by atoms with van der Waals surface area (Å²) >= 11 is 0. The lowest BCUT2D eigenvalue weighted by Gasteiger charge is -2.14. The van der Waals surface area contributed by atoms with Gasteiger partial charge in [-0.05, 0) is 36.7 Å². The van der Waals surface area contributed by atoms with Crippen LogP contribution < -0.4 is 15.8 Å². The van der Waals surface area contributed by atoms with Gasteiger partial charge >= 0.3 is 6.01 Å². The monoisotopic (exact) mass is 387 g/mol. The van der Waals surface area contributed by atoms with Gasteiger partial charge in [0.1, 0.15) is 23.5 Å². The molecule has 5 rings (SSSR count). The molecule has 1 aliphatic rings. The number of hydrogen-bond donors (Lipinski definition) is 2. The average Bonchev–Trinajstić information content (AvgIpc) is 3.37. The molecule has 1 atom stereocenters. The quantitative estimate of drug-likeness (QED) is 0.555. The SMILES string of the molecule is Cn1c(C2CCNC2)c(-c2ccc(Oc3ncccn3)cc2)c2c(N)ncnc21. The van der Waals surface area contributed by atoms with Crippen molar-refractivity contribution in [3.63, 3.8) is 0 Å². The van der Waals surface area contributed by atoms with Crippen LogP contribution in [0.4, 0.5) is 5.82 Å². The van der Waals surface area contributed by atoms with E-state index in [1.807, 2.05) is 24.3 Å². The van der Waals surface area contributed by atoms with Crippen LogP contribution in [0.3, 0.4) is 0 Å². The Hall–Kier alpha value is -3.52. The van der Waals surface area contributed by atoms with Gasteiger partial charge in [0.25, 0.3) is 0 Å². The number of benzene rings is 1. The number of rotatable bonds is 4. The van der Waals surface area contributed by atoms with Crippen LogP contribution >= 0.6 is 0 Å². The summed E-state index contributed by atoms with van der Waals surface area (Å²) in [5.74, 6) is 1.57. The number of anilines is 1. The number of nitrogens with two attached hydrogens (primary N) is 1. The van der Waals surface area contributed by atoms with E-state index in [1.54, 1.807) is 18.5 Å². The van der Waals surface area contributed by atoms with Crippen molar-refractivity contribution >= 4 is 16.9 Å². The fourth-order valence-electron chi connectivity index (χ4n) is 4.08. The standard InChI is InChI=1S/C21H21N7O/c1-28-18(14-7-10-23-11-14)16(17-19(22)26-12-27-20(17)28)13-3-5-15(6-4-13)29-21-24-8-2-9-25-21/h2-6,8-9,12,14,23H,7,10-11H2,1H3,(H2,22,26,27). The van der Waals surface area contributed by atoms with Gasteiger partial charge in [-0.15, -0.1) is 0 Å². The van der Waals surface area contributed by atoms with Crippen molar-refractivity contribution in [3.8, 4) is 22.9 Å². The highest BCUT2D eigenvalue weighted by Crippen LogP contribution is 2.41. The Kier molecular flexibility index (Phi) is 4.33. The van der Waals surface area contributed by atoms with E-state index in [4.69, 9.17) is 10.5 Å². The summed E-state index contributed by atoms with van der Waals surface area (Å²) in [5.41, 5.74) is 10.5. The second kappa shape index (κ2) is 7.14. The average molecular weight is 387 g/mol. The molecule has 8 nitrogen and oxygen atoms in total. The lowest BCUT2D eigenvalue weighted by Crippen LogP contribution is -2.11. The van der Waals surface area contributed by atoms with Crippen molar-refractivity contribution in [2.45, 2.75) is 12.3 Å². The fraction of sp³-hybridized carbons (Fsp3) is 0.238. The molecular formula is C21H21N7O. The fourth-order valence-corrected chi connectivity index (χ4v) is 4.08. The molecule has 0 aliphatic carbocycles. The van der Waals surface area contributed by atoms with Crippen LogP contribution in [0.15, 0.2) is 49.1 Å². The van der Waals surface area contributed by atoms with Gasteiger partial charge in [0.05, 0.1) is 5.39 Å². The van der Waals surface area contributed by atoms with E-state index in [1.165, 1.54) is 12.0 Å². The molecule has 4 aromatic rings. The molecule has 8 heteroatoms. The van der Waals surface area contributed by atoms with Crippen molar-refractivity contribution in [3.05, 3.63) is 54.7 Å². The van der Waals surface area contributed by atoms with Crippen LogP contribution in [0, 0.1) is 0 Å². The van der Waals surface area contributed by atoms with Gasteiger partial charge in [0.2, 0.25) is 0 Å². The van der Waals surface area contributed by atoms with Crippen molar-refractivity contribution in [2.24, 2.45) is 7.05 Å². The Morgan fingerprint density at radius 2 is 1.90 bits per heavy atom. The maximum absolute atomic E-state index is 6.29. The van der Waals surface area contributed by atoms with Crippen molar-refractivity contribution in [1.82, 2.24) is 29.8 Å². The molecule has 3 N–H and O–H groups in total. The van der Waals surface area contributed by atoms with Gasteiger partial charge in [-0.3, -0.25) is 0 Å². The Morgan fingerprint density at radius 1 is 1.10 bits per heavy atom. The second-order valence-corrected chi connectivity index (χ2v) is 7.12. The molecular weight excluding hydrogens is 366 g/mol. The normalized spacial score (nSPS) is 16.4. The minimum Gasteiger partial charge on any atom is -0.424 e. The van der Waals surface area contributed by atoms with Gasteiger partial charge < -0.3 is 20.4 Å². The van der Waals surface area contributed by atoms with E-state index >= 15 is 0 Å². The summed E-state index contributed by atoms with van der Waals surface area (Å²) in [6.07, 6.45) is 5.90. The number of ether oxygens (including phenoxy) is 1. The van der Waals surface area contributed by atoms with Crippen LogP contribution in [0.1, 0.15) is 18.0 Å². The van der Waals surface area contributed by atoms with Crippen molar-refractivity contribution in [1.29, 1.82) is 0 Å². The first kappa shape index (κ1) is 17.6. The number of nitrogens with zero attached hydrogens (tertiary/aromatic N) is 5. The minimum atomic E-state index is 0.320. The first-order valence-electron chi connectivity index (χ1n) is 9.57. The lowest BCUT2D eigenvalue weighted by atomic mass is 9.94. The maximum atomic E-state index is 6.29. The molecule has 0 spiro atoms. The summed E-state index contributed by atoms with van der Waals surface area (Å²) in [5, 5.41) is 4.36. The van der Waals surface area contributed by atoms with E-state index in [9.17, 15) is 0 Å². The highest BCUT2D eigenvalue weighted by atomic mass is 16.5. The molecule has 146 valence electrons. The first-order chi connectivity index (χ1) is 14.2. The third kappa shape index (κ3) is 3.07. The van der Waals surface area contributed by atoms with Gasteiger partial charge in [-0.25, -0.2) is 19.9 Å². The predicted octanol–water partition coefficient (Wildman–Crippen LogP) is 2.88. The number of hydrogen-bond acceptors (Lipinski definition) is 7. The van der Waals surface area contributed by atoms with Crippen LogP contribution in [0.5, 0.6) is 11.8 Å². The highest BCUT2D eigenvalue weighted by Gasteiger charge is 2.28.